The average molecular weight is 284 g/mol. The quantitative estimate of drug-likeness (QED) is 0.799. The molecular weight excluding hydrogens is 272 g/mol. The van der Waals surface area contributed by atoms with E-state index in [1.165, 1.54) is 11.3 Å². The molecule has 0 aliphatic rings. The smallest absolute Gasteiger partial charge is 0.261 e. The number of carbonyl (C=O) groups excluding carboxylic acids is 1. The first-order valence-corrected chi connectivity index (χ1v) is 7.00. The van der Waals surface area contributed by atoms with Crippen molar-refractivity contribution in [3.05, 3.63) is 64.9 Å². The highest BCUT2D eigenvalue weighted by Crippen LogP contribution is 2.17. The average Bonchev–Trinajstić information content (AvgIpc) is 3.18. The first-order chi connectivity index (χ1) is 9.83. The first-order valence-electron chi connectivity index (χ1n) is 6.12. The maximum absolute atomic E-state index is 11.8. The molecule has 3 rings (SSSR count). The number of hydrogen-bond donors (Lipinski definition) is 1. The van der Waals surface area contributed by atoms with Crippen LogP contribution in [0.25, 0.3) is 11.3 Å². The fourth-order valence-corrected chi connectivity index (χ4v) is 2.43. The predicted molar refractivity (Wildman–Crippen MR) is 77.4 cm³/mol. The topological polar surface area (TPSA) is 55.1 Å². The van der Waals surface area contributed by atoms with E-state index < -0.39 is 0 Å². The fraction of sp³-hybridized carbons (Fsp3) is 0.0667. The number of amides is 1. The van der Waals surface area contributed by atoms with E-state index >= 15 is 0 Å². The van der Waals surface area contributed by atoms with Gasteiger partial charge in [0.05, 0.1) is 23.1 Å². The predicted octanol–water partition coefficient (Wildman–Crippen LogP) is 3.33. The fourth-order valence-electron chi connectivity index (χ4n) is 1.79. The molecule has 0 fully saturated rings. The lowest BCUT2D eigenvalue weighted by atomic mass is 10.2. The van der Waals surface area contributed by atoms with Crippen LogP contribution < -0.4 is 5.32 Å². The van der Waals surface area contributed by atoms with Gasteiger partial charge in [0.15, 0.2) is 0 Å². The molecule has 100 valence electrons. The maximum Gasteiger partial charge on any atom is 0.261 e. The van der Waals surface area contributed by atoms with Crippen molar-refractivity contribution >= 4 is 17.2 Å². The zero-order valence-electron chi connectivity index (χ0n) is 10.6. The lowest BCUT2D eigenvalue weighted by molar-refractivity contribution is 0.0955. The van der Waals surface area contributed by atoms with Crippen molar-refractivity contribution in [3.8, 4) is 11.3 Å². The van der Waals surface area contributed by atoms with Crippen LogP contribution in [-0.2, 0) is 6.54 Å². The minimum atomic E-state index is -0.0566. The third-order valence-electron chi connectivity index (χ3n) is 2.84. The number of hydrogen-bond acceptors (Lipinski definition) is 4. The van der Waals surface area contributed by atoms with Crippen molar-refractivity contribution < 1.29 is 9.21 Å². The Kier molecular flexibility index (Phi) is 3.60. The van der Waals surface area contributed by atoms with E-state index in [0.29, 0.717) is 11.4 Å². The molecule has 0 saturated carbocycles. The highest BCUT2D eigenvalue weighted by Gasteiger charge is 2.06. The first kappa shape index (κ1) is 12.6. The molecule has 0 aromatic carbocycles. The van der Waals surface area contributed by atoms with E-state index in [2.05, 4.69) is 10.3 Å². The van der Waals surface area contributed by atoms with E-state index in [-0.39, 0.29) is 5.91 Å². The Hall–Kier alpha value is -2.40. The van der Waals surface area contributed by atoms with Crippen molar-refractivity contribution in [2.75, 3.05) is 0 Å². The summed E-state index contributed by atoms with van der Waals surface area (Å²) in [6.45, 7) is 0.468. The summed E-state index contributed by atoms with van der Waals surface area (Å²) in [6, 6.07) is 9.39. The summed E-state index contributed by atoms with van der Waals surface area (Å²) < 4.78 is 5.02. The van der Waals surface area contributed by atoms with E-state index in [0.717, 1.165) is 16.8 Å². The number of furan rings is 1. The molecule has 3 aromatic heterocycles. The molecule has 0 aliphatic carbocycles. The van der Waals surface area contributed by atoms with Gasteiger partial charge in [-0.1, -0.05) is 12.1 Å². The lowest BCUT2D eigenvalue weighted by Gasteiger charge is -2.04. The molecule has 1 N–H and O–H groups in total. The molecule has 20 heavy (non-hydrogen) atoms. The normalized spacial score (nSPS) is 10.4. The Bertz CT molecular complexity index is 673. The highest BCUT2D eigenvalue weighted by molar-refractivity contribution is 7.12. The zero-order chi connectivity index (χ0) is 13.8. The van der Waals surface area contributed by atoms with Gasteiger partial charge in [-0.05, 0) is 29.1 Å². The monoisotopic (exact) mass is 284 g/mol. The molecule has 0 bridgehead atoms. The van der Waals surface area contributed by atoms with Gasteiger partial charge in [-0.15, -0.1) is 11.3 Å². The summed E-state index contributed by atoms with van der Waals surface area (Å²) in [5.74, 6) is -0.0566. The van der Waals surface area contributed by atoms with Gasteiger partial charge in [0.1, 0.15) is 0 Å². The third kappa shape index (κ3) is 2.78. The molecular formula is C15H12N2O2S. The number of pyridine rings is 1. The summed E-state index contributed by atoms with van der Waals surface area (Å²) in [6.07, 6.45) is 5.03. The summed E-state index contributed by atoms with van der Waals surface area (Å²) in [5.41, 5.74) is 2.76. The van der Waals surface area contributed by atoms with Gasteiger partial charge in [0.2, 0.25) is 0 Å². The largest absolute Gasteiger partial charge is 0.472 e. The molecule has 3 aromatic rings. The van der Waals surface area contributed by atoms with Gasteiger partial charge in [0, 0.05) is 18.3 Å². The number of carbonyl (C=O) groups is 1. The second-order valence-electron chi connectivity index (χ2n) is 4.22. The Morgan fingerprint density at radius 1 is 1.30 bits per heavy atom. The Morgan fingerprint density at radius 3 is 2.90 bits per heavy atom. The van der Waals surface area contributed by atoms with Crippen molar-refractivity contribution in [1.29, 1.82) is 0 Å². The minimum Gasteiger partial charge on any atom is -0.472 e. The number of nitrogens with one attached hydrogen (secondary N) is 1. The highest BCUT2D eigenvalue weighted by atomic mass is 32.1. The number of thiophene rings is 1. The summed E-state index contributed by atoms with van der Waals surface area (Å²) in [7, 11) is 0. The van der Waals surface area contributed by atoms with Crippen molar-refractivity contribution in [2.45, 2.75) is 6.54 Å². The molecule has 0 saturated heterocycles. The standard InChI is InChI=1S/C15H12N2O2S/c18-15(14-2-1-7-20-14)17-9-11-3-4-13(16-8-11)12-5-6-19-10-12/h1-8,10H,9H2,(H,17,18). The maximum atomic E-state index is 11.8. The van der Waals surface area contributed by atoms with E-state index in [1.54, 1.807) is 24.8 Å². The van der Waals surface area contributed by atoms with Crippen LogP contribution in [0.3, 0.4) is 0 Å². The van der Waals surface area contributed by atoms with Gasteiger partial charge >= 0.3 is 0 Å². The van der Waals surface area contributed by atoms with Gasteiger partial charge < -0.3 is 9.73 Å². The van der Waals surface area contributed by atoms with Gasteiger partial charge in [-0.2, -0.15) is 0 Å². The van der Waals surface area contributed by atoms with Crippen LogP contribution in [0, 0.1) is 0 Å². The number of nitrogens with zero attached hydrogens (tertiary/aromatic N) is 1. The summed E-state index contributed by atoms with van der Waals surface area (Å²) >= 11 is 1.43. The molecule has 3 heterocycles. The van der Waals surface area contributed by atoms with Crippen molar-refractivity contribution in [2.24, 2.45) is 0 Å². The van der Waals surface area contributed by atoms with Gasteiger partial charge in [-0.3, -0.25) is 9.78 Å². The molecule has 1 amide bonds. The molecule has 4 nitrogen and oxygen atoms in total. The van der Waals surface area contributed by atoms with E-state index in [1.807, 2.05) is 29.6 Å². The molecule has 5 heteroatoms. The SMILES string of the molecule is O=C(NCc1ccc(-c2ccoc2)nc1)c1cccs1. The van der Waals surface area contributed by atoms with E-state index in [4.69, 9.17) is 4.42 Å². The third-order valence-corrected chi connectivity index (χ3v) is 3.71. The van der Waals surface area contributed by atoms with Crippen LogP contribution in [-0.4, -0.2) is 10.9 Å². The van der Waals surface area contributed by atoms with Crippen LogP contribution in [0.2, 0.25) is 0 Å². The molecule has 0 unspecified atom stereocenters. The molecule has 0 spiro atoms. The zero-order valence-corrected chi connectivity index (χ0v) is 11.4. The Morgan fingerprint density at radius 2 is 2.25 bits per heavy atom. The van der Waals surface area contributed by atoms with Crippen LogP contribution in [0.5, 0.6) is 0 Å². The van der Waals surface area contributed by atoms with Crippen LogP contribution in [0.15, 0.2) is 58.9 Å². The Labute approximate surface area is 120 Å². The summed E-state index contributed by atoms with van der Waals surface area (Å²) in [4.78, 5) is 16.9. The van der Waals surface area contributed by atoms with Crippen LogP contribution in [0.4, 0.5) is 0 Å². The molecule has 0 aliphatic heterocycles. The Balaban J connectivity index is 1.63. The number of rotatable bonds is 4. The molecule has 0 atom stereocenters. The van der Waals surface area contributed by atoms with E-state index in [9.17, 15) is 4.79 Å². The molecule has 0 radical (unpaired) electrons. The lowest BCUT2D eigenvalue weighted by Crippen LogP contribution is -2.21. The second kappa shape index (κ2) is 5.71. The van der Waals surface area contributed by atoms with Gasteiger partial charge in [0.25, 0.3) is 5.91 Å². The summed E-state index contributed by atoms with van der Waals surface area (Å²) in [5, 5.41) is 4.75. The number of aromatic nitrogens is 1. The van der Waals surface area contributed by atoms with Crippen molar-refractivity contribution in [1.82, 2.24) is 10.3 Å². The van der Waals surface area contributed by atoms with Crippen LogP contribution >= 0.6 is 11.3 Å². The van der Waals surface area contributed by atoms with Gasteiger partial charge in [-0.25, -0.2) is 0 Å². The minimum absolute atomic E-state index is 0.0566. The van der Waals surface area contributed by atoms with Crippen LogP contribution in [0.1, 0.15) is 15.2 Å². The second-order valence-corrected chi connectivity index (χ2v) is 5.17. The van der Waals surface area contributed by atoms with Crippen molar-refractivity contribution in [3.63, 3.8) is 0 Å².